The molecule has 126 valence electrons. The maximum atomic E-state index is 13.2. The van der Waals surface area contributed by atoms with Crippen LogP contribution < -0.4 is 10.2 Å². The van der Waals surface area contributed by atoms with Gasteiger partial charge in [0, 0.05) is 43.6 Å². The normalized spacial score (nSPS) is 15.3. The third-order valence-corrected chi connectivity index (χ3v) is 4.06. The number of nitrogens with zero attached hydrogens (tertiary/aromatic N) is 2. The van der Waals surface area contributed by atoms with Crippen molar-refractivity contribution in [2.75, 3.05) is 42.9 Å². The lowest BCUT2D eigenvalue weighted by Crippen LogP contribution is -2.48. The number of carbonyl (C=O) groups excluding carboxylic acids is 1. The number of carbonyl (C=O) groups is 1. The third-order valence-electron chi connectivity index (χ3n) is 4.06. The molecule has 0 unspecified atom stereocenters. The number of para-hydroxylation sites is 1. The summed E-state index contributed by atoms with van der Waals surface area (Å²) in [4.78, 5) is 16.4. The van der Waals surface area contributed by atoms with Gasteiger partial charge in [-0.15, -0.1) is 0 Å². The van der Waals surface area contributed by atoms with Gasteiger partial charge in [0.25, 0.3) is 0 Å². The van der Waals surface area contributed by atoms with E-state index in [9.17, 15) is 13.6 Å². The first-order valence-corrected chi connectivity index (χ1v) is 7.89. The summed E-state index contributed by atoms with van der Waals surface area (Å²) >= 11 is 0. The van der Waals surface area contributed by atoms with Gasteiger partial charge in [-0.1, -0.05) is 18.2 Å². The van der Waals surface area contributed by atoms with E-state index in [-0.39, 0.29) is 18.1 Å². The Morgan fingerprint density at radius 2 is 1.67 bits per heavy atom. The summed E-state index contributed by atoms with van der Waals surface area (Å²) in [7, 11) is 0. The largest absolute Gasteiger partial charge is 0.369 e. The molecule has 0 aliphatic carbocycles. The van der Waals surface area contributed by atoms with Gasteiger partial charge in [0.2, 0.25) is 5.91 Å². The van der Waals surface area contributed by atoms with Crippen LogP contribution in [0.2, 0.25) is 0 Å². The molecule has 1 N–H and O–H groups in total. The van der Waals surface area contributed by atoms with Crippen molar-refractivity contribution in [1.29, 1.82) is 0 Å². The molecule has 3 rings (SSSR count). The highest BCUT2D eigenvalue weighted by Crippen LogP contribution is 2.16. The van der Waals surface area contributed by atoms with Crippen LogP contribution in [0, 0.1) is 11.6 Å². The number of hydrogen-bond acceptors (Lipinski definition) is 3. The van der Waals surface area contributed by atoms with Crippen molar-refractivity contribution in [3.63, 3.8) is 0 Å². The summed E-state index contributed by atoms with van der Waals surface area (Å²) in [5, 5.41) is 2.60. The van der Waals surface area contributed by atoms with Crippen LogP contribution in [0.1, 0.15) is 0 Å². The third kappa shape index (κ3) is 4.08. The van der Waals surface area contributed by atoms with Gasteiger partial charge >= 0.3 is 0 Å². The number of halogens is 2. The van der Waals surface area contributed by atoms with Crippen LogP contribution in [-0.2, 0) is 4.79 Å². The minimum Gasteiger partial charge on any atom is -0.369 e. The molecule has 1 heterocycles. The molecule has 1 aliphatic rings. The molecule has 0 saturated carbocycles. The molecule has 0 radical (unpaired) electrons. The minimum absolute atomic E-state index is 0.228. The van der Waals surface area contributed by atoms with E-state index in [0.717, 1.165) is 38.3 Å². The Morgan fingerprint density at radius 1 is 0.958 bits per heavy atom. The molecule has 0 atom stereocenters. The summed E-state index contributed by atoms with van der Waals surface area (Å²) in [5.41, 5.74) is 1.45. The van der Waals surface area contributed by atoms with Crippen molar-refractivity contribution in [3.05, 3.63) is 60.2 Å². The van der Waals surface area contributed by atoms with Gasteiger partial charge in [0.05, 0.1) is 6.54 Å². The van der Waals surface area contributed by atoms with E-state index in [2.05, 4.69) is 27.2 Å². The van der Waals surface area contributed by atoms with E-state index in [0.29, 0.717) is 0 Å². The molecule has 1 fully saturated rings. The molecule has 0 bridgehead atoms. The van der Waals surface area contributed by atoms with Crippen molar-refractivity contribution < 1.29 is 13.6 Å². The van der Waals surface area contributed by atoms with Crippen molar-refractivity contribution in [2.24, 2.45) is 0 Å². The SMILES string of the molecule is O=C(CN1CCN(c2ccccc2)CC1)Nc1ccc(F)c(F)c1. The van der Waals surface area contributed by atoms with E-state index >= 15 is 0 Å². The fourth-order valence-electron chi connectivity index (χ4n) is 2.78. The zero-order chi connectivity index (χ0) is 16.9. The van der Waals surface area contributed by atoms with Crippen LogP contribution in [0.3, 0.4) is 0 Å². The Labute approximate surface area is 139 Å². The summed E-state index contributed by atoms with van der Waals surface area (Å²) < 4.78 is 26.0. The molecule has 1 aliphatic heterocycles. The van der Waals surface area contributed by atoms with Crippen molar-refractivity contribution in [2.45, 2.75) is 0 Å². The van der Waals surface area contributed by atoms with Gasteiger partial charge in [0.15, 0.2) is 11.6 Å². The van der Waals surface area contributed by atoms with E-state index in [1.54, 1.807) is 0 Å². The first kappa shape index (κ1) is 16.4. The number of rotatable bonds is 4. The molecule has 0 spiro atoms. The average Bonchev–Trinajstić information content (AvgIpc) is 2.59. The van der Waals surface area contributed by atoms with Crippen LogP contribution >= 0.6 is 0 Å². The van der Waals surface area contributed by atoms with Crippen LogP contribution in [-0.4, -0.2) is 43.5 Å². The van der Waals surface area contributed by atoms with E-state index < -0.39 is 11.6 Å². The maximum absolute atomic E-state index is 13.2. The number of piperazine rings is 1. The monoisotopic (exact) mass is 331 g/mol. The standard InChI is InChI=1S/C18H19F2N3O/c19-16-7-6-14(12-17(16)20)21-18(24)13-22-8-10-23(11-9-22)15-4-2-1-3-5-15/h1-7,12H,8-11,13H2,(H,21,24). The Kier molecular flexibility index (Phi) is 5.05. The van der Waals surface area contributed by atoms with E-state index in [1.165, 1.54) is 11.8 Å². The molecule has 2 aromatic rings. The highest BCUT2D eigenvalue weighted by molar-refractivity contribution is 5.92. The second-order valence-corrected chi connectivity index (χ2v) is 5.78. The summed E-state index contributed by atoms with van der Waals surface area (Å²) in [6.45, 7) is 3.49. The van der Waals surface area contributed by atoms with Gasteiger partial charge in [-0.05, 0) is 24.3 Å². The van der Waals surface area contributed by atoms with Gasteiger partial charge < -0.3 is 10.2 Å². The first-order chi connectivity index (χ1) is 11.6. The van der Waals surface area contributed by atoms with Gasteiger partial charge in [-0.3, -0.25) is 9.69 Å². The molecule has 0 aromatic heterocycles. The molecule has 1 amide bonds. The summed E-state index contributed by atoms with van der Waals surface area (Å²) in [6.07, 6.45) is 0. The topological polar surface area (TPSA) is 35.6 Å². The Bertz CT molecular complexity index is 701. The lowest BCUT2D eigenvalue weighted by molar-refractivity contribution is -0.117. The highest BCUT2D eigenvalue weighted by atomic mass is 19.2. The fraction of sp³-hybridized carbons (Fsp3) is 0.278. The van der Waals surface area contributed by atoms with Crippen molar-refractivity contribution in [1.82, 2.24) is 4.90 Å². The molecule has 24 heavy (non-hydrogen) atoms. The van der Waals surface area contributed by atoms with Gasteiger partial charge in [-0.25, -0.2) is 8.78 Å². The second-order valence-electron chi connectivity index (χ2n) is 5.78. The van der Waals surface area contributed by atoms with E-state index in [1.807, 2.05) is 18.2 Å². The van der Waals surface area contributed by atoms with Crippen molar-refractivity contribution in [3.8, 4) is 0 Å². The lowest BCUT2D eigenvalue weighted by atomic mass is 10.2. The maximum Gasteiger partial charge on any atom is 0.238 e. The predicted octanol–water partition coefficient (Wildman–Crippen LogP) is 2.73. The van der Waals surface area contributed by atoms with Crippen LogP contribution in [0.4, 0.5) is 20.2 Å². The quantitative estimate of drug-likeness (QED) is 0.936. The zero-order valence-electron chi connectivity index (χ0n) is 13.2. The number of amides is 1. The van der Waals surface area contributed by atoms with Gasteiger partial charge in [-0.2, -0.15) is 0 Å². The summed E-state index contributed by atoms with van der Waals surface area (Å²) in [5.74, 6) is -2.12. The number of anilines is 2. The molecule has 1 saturated heterocycles. The number of hydrogen-bond donors (Lipinski definition) is 1. The van der Waals surface area contributed by atoms with Crippen LogP contribution in [0.5, 0.6) is 0 Å². The fourth-order valence-corrected chi connectivity index (χ4v) is 2.78. The first-order valence-electron chi connectivity index (χ1n) is 7.89. The number of benzene rings is 2. The molecular formula is C18H19F2N3O. The molecule has 6 heteroatoms. The smallest absolute Gasteiger partial charge is 0.238 e. The van der Waals surface area contributed by atoms with Crippen LogP contribution in [0.25, 0.3) is 0 Å². The second kappa shape index (κ2) is 7.40. The summed E-state index contributed by atoms with van der Waals surface area (Å²) in [6, 6.07) is 13.5. The molecular weight excluding hydrogens is 312 g/mol. The van der Waals surface area contributed by atoms with Gasteiger partial charge in [0.1, 0.15) is 0 Å². The number of nitrogens with one attached hydrogen (secondary N) is 1. The zero-order valence-corrected chi connectivity index (χ0v) is 13.2. The van der Waals surface area contributed by atoms with E-state index in [4.69, 9.17) is 0 Å². The van der Waals surface area contributed by atoms with Crippen LogP contribution in [0.15, 0.2) is 48.5 Å². The minimum atomic E-state index is -0.968. The highest BCUT2D eigenvalue weighted by Gasteiger charge is 2.19. The van der Waals surface area contributed by atoms with Crippen molar-refractivity contribution >= 4 is 17.3 Å². The molecule has 2 aromatic carbocycles. The Hall–Kier alpha value is -2.47. The molecule has 4 nitrogen and oxygen atoms in total. The Morgan fingerprint density at radius 3 is 2.33 bits per heavy atom. The Balaban J connectivity index is 1.49. The lowest BCUT2D eigenvalue weighted by Gasteiger charge is -2.35. The predicted molar refractivity (Wildman–Crippen MR) is 90.1 cm³/mol. The average molecular weight is 331 g/mol.